The first-order valence-electron chi connectivity index (χ1n) is 15.1. The van der Waals surface area contributed by atoms with Crippen molar-refractivity contribution in [2.24, 2.45) is 0 Å². The Labute approximate surface area is 276 Å². The Morgan fingerprint density at radius 1 is 0.553 bits per heavy atom. The van der Waals surface area contributed by atoms with E-state index in [4.69, 9.17) is 18.9 Å². The van der Waals surface area contributed by atoms with Crippen molar-refractivity contribution in [1.82, 2.24) is 0 Å². The molecular weight excluding hydrogens is 588 g/mol. The van der Waals surface area contributed by atoms with Crippen molar-refractivity contribution in [1.29, 1.82) is 0 Å². The zero-order valence-corrected chi connectivity index (χ0v) is 26.9. The van der Waals surface area contributed by atoms with Crippen LogP contribution >= 0.6 is 0 Å². The van der Waals surface area contributed by atoms with Crippen LogP contribution in [-0.4, -0.2) is 38.4 Å². The third kappa shape index (κ3) is 10.3. The molecule has 236 valence electrons. The van der Waals surface area contributed by atoms with Crippen LogP contribution in [0.1, 0.15) is 38.9 Å². The molecular formula is C41H36O6. The standard InChI is InChI=1S/C41H36O6/c1-6-39(42)46-24-22-44-36-17-12-32(13-18-36)8-10-34-16-21-38(29(3)26-34)41-30(4)27-35(28-31(41)5)11-9-33-14-19-37(20-15-33)45-23-25-47-40(43)7-2/h6-7,12-21,26-28H,1-2,22-25H2,3-5H3. The Morgan fingerprint density at radius 2 is 0.957 bits per heavy atom. The van der Waals surface area contributed by atoms with Gasteiger partial charge in [-0.05, 0) is 121 Å². The van der Waals surface area contributed by atoms with Gasteiger partial charge >= 0.3 is 11.9 Å². The molecule has 0 heterocycles. The summed E-state index contributed by atoms with van der Waals surface area (Å²) in [5.41, 5.74) is 9.43. The van der Waals surface area contributed by atoms with Crippen molar-refractivity contribution in [3.63, 3.8) is 0 Å². The first-order valence-corrected chi connectivity index (χ1v) is 15.1. The number of benzene rings is 4. The largest absolute Gasteiger partial charge is 0.490 e. The second-order valence-electron chi connectivity index (χ2n) is 10.5. The average molecular weight is 625 g/mol. The molecule has 0 aliphatic heterocycles. The van der Waals surface area contributed by atoms with Gasteiger partial charge in [-0.3, -0.25) is 0 Å². The van der Waals surface area contributed by atoms with E-state index in [9.17, 15) is 9.59 Å². The van der Waals surface area contributed by atoms with Crippen molar-refractivity contribution in [2.75, 3.05) is 26.4 Å². The molecule has 6 heteroatoms. The fourth-order valence-electron chi connectivity index (χ4n) is 4.76. The van der Waals surface area contributed by atoms with Gasteiger partial charge in [-0.25, -0.2) is 9.59 Å². The Hall–Kier alpha value is -5.98. The van der Waals surface area contributed by atoms with Crippen molar-refractivity contribution in [2.45, 2.75) is 20.8 Å². The van der Waals surface area contributed by atoms with E-state index < -0.39 is 11.9 Å². The highest BCUT2D eigenvalue weighted by molar-refractivity contribution is 5.81. The molecule has 0 radical (unpaired) electrons. The molecule has 4 aromatic carbocycles. The minimum absolute atomic E-state index is 0.159. The van der Waals surface area contributed by atoms with Crippen molar-refractivity contribution >= 4 is 11.9 Å². The number of esters is 2. The van der Waals surface area contributed by atoms with E-state index in [-0.39, 0.29) is 26.4 Å². The van der Waals surface area contributed by atoms with Gasteiger partial charge < -0.3 is 18.9 Å². The Bertz CT molecular complexity index is 1850. The SMILES string of the molecule is C=CC(=O)OCCOc1ccc(C#Cc2ccc(-c3c(C)cc(C#Cc4ccc(OCCOC(=O)C=C)cc4)cc3C)c(C)c2)cc1. The van der Waals surface area contributed by atoms with E-state index in [1.54, 1.807) is 0 Å². The predicted octanol–water partition coefficient (Wildman–Crippen LogP) is 7.29. The quantitative estimate of drug-likeness (QED) is 0.0755. The monoisotopic (exact) mass is 624 g/mol. The lowest BCUT2D eigenvalue weighted by Gasteiger charge is -2.14. The van der Waals surface area contributed by atoms with Crippen LogP contribution in [0.5, 0.6) is 11.5 Å². The zero-order chi connectivity index (χ0) is 33.6. The minimum atomic E-state index is -0.469. The van der Waals surface area contributed by atoms with E-state index in [0.29, 0.717) is 11.5 Å². The van der Waals surface area contributed by atoms with Gasteiger partial charge in [0.05, 0.1) is 0 Å². The predicted molar refractivity (Wildman–Crippen MR) is 184 cm³/mol. The van der Waals surface area contributed by atoms with Crippen LogP contribution < -0.4 is 9.47 Å². The fourth-order valence-corrected chi connectivity index (χ4v) is 4.76. The molecule has 0 amide bonds. The van der Waals surface area contributed by atoms with Crippen LogP contribution in [0.2, 0.25) is 0 Å². The molecule has 0 aromatic heterocycles. The van der Waals surface area contributed by atoms with Crippen LogP contribution in [-0.2, 0) is 19.1 Å². The highest BCUT2D eigenvalue weighted by Gasteiger charge is 2.10. The lowest BCUT2D eigenvalue weighted by atomic mass is 9.90. The summed E-state index contributed by atoms with van der Waals surface area (Å²) in [6.45, 7) is 13.9. The van der Waals surface area contributed by atoms with Gasteiger partial charge in [-0.1, -0.05) is 42.9 Å². The lowest BCUT2D eigenvalue weighted by Crippen LogP contribution is -2.10. The first-order chi connectivity index (χ1) is 22.7. The van der Waals surface area contributed by atoms with Gasteiger partial charge in [0.15, 0.2) is 0 Å². The summed E-state index contributed by atoms with van der Waals surface area (Å²) in [6.07, 6.45) is 2.25. The third-order valence-corrected chi connectivity index (χ3v) is 6.97. The number of hydrogen-bond acceptors (Lipinski definition) is 6. The molecule has 0 bridgehead atoms. The second-order valence-corrected chi connectivity index (χ2v) is 10.5. The van der Waals surface area contributed by atoms with E-state index in [0.717, 1.165) is 51.1 Å². The minimum Gasteiger partial charge on any atom is -0.490 e. The Morgan fingerprint density at radius 3 is 1.40 bits per heavy atom. The molecule has 0 spiro atoms. The number of rotatable bonds is 11. The molecule has 0 N–H and O–H groups in total. The van der Waals surface area contributed by atoms with Crippen molar-refractivity contribution in [3.05, 3.63) is 143 Å². The van der Waals surface area contributed by atoms with Gasteiger partial charge in [0.25, 0.3) is 0 Å². The molecule has 0 aliphatic carbocycles. The van der Waals surface area contributed by atoms with E-state index in [1.165, 1.54) is 11.1 Å². The van der Waals surface area contributed by atoms with Crippen LogP contribution in [0.4, 0.5) is 0 Å². The molecule has 47 heavy (non-hydrogen) atoms. The average Bonchev–Trinajstić information content (AvgIpc) is 3.08. The molecule has 0 fully saturated rings. The van der Waals surface area contributed by atoms with E-state index in [1.807, 2.05) is 54.6 Å². The molecule has 0 saturated carbocycles. The molecule has 6 nitrogen and oxygen atoms in total. The summed E-state index contributed by atoms with van der Waals surface area (Å²) in [5, 5.41) is 0. The summed E-state index contributed by atoms with van der Waals surface area (Å²) in [7, 11) is 0. The molecule has 0 atom stereocenters. The normalized spacial score (nSPS) is 9.94. The van der Waals surface area contributed by atoms with Crippen LogP contribution in [0, 0.1) is 44.5 Å². The van der Waals surface area contributed by atoms with E-state index >= 15 is 0 Å². The molecule has 4 rings (SSSR count). The lowest BCUT2D eigenvalue weighted by molar-refractivity contribution is -0.139. The van der Waals surface area contributed by atoms with Crippen LogP contribution in [0.15, 0.2) is 104 Å². The fraction of sp³-hybridized carbons (Fsp3) is 0.171. The first kappa shape index (κ1) is 33.9. The summed E-state index contributed by atoms with van der Waals surface area (Å²) in [6, 6.07) is 25.5. The molecule has 0 saturated heterocycles. The number of aryl methyl sites for hydroxylation is 3. The smallest absolute Gasteiger partial charge is 0.330 e. The maximum atomic E-state index is 11.1. The maximum Gasteiger partial charge on any atom is 0.330 e. The van der Waals surface area contributed by atoms with Crippen LogP contribution in [0.25, 0.3) is 11.1 Å². The summed E-state index contributed by atoms with van der Waals surface area (Å²) in [5.74, 6) is 13.4. The summed E-state index contributed by atoms with van der Waals surface area (Å²) in [4.78, 5) is 22.2. The molecule has 0 unspecified atom stereocenters. The van der Waals surface area contributed by atoms with Gasteiger partial charge in [0.1, 0.15) is 37.9 Å². The number of carbonyl (C=O) groups is 2. The number of hydrogen-bond donors (Lipinski definition) is 0. The van der Waals surface area contributed by atoms with Crippen LogP contribution in [0.3, 0.4) is 0 Å². The molecule has 4 aromatic rings. The topological polar surface area (TPSA) is 71.1 Å². The Kier molecular flexibility index (Phi) is 12.2. The summed E-state index contributed by atoms with van der Waals surface area (Å²) >= 11 is 0. The van der Waals surface area contributed by atoms with Crippen molar-refractivity contribution < 1.29 is 28.5 Å². The van der Waals surface area contributed by atoms with E-state index in [2.05, 4.69) is 81.9 Å². The Balaban J connectivity index is 1.37. The second kappa shape index (κ2) is 16.9. The van der Waals surface area contributed by atoms with Gasteiger partial charge in [0.2, 0.25) is 0 Å². The van der Waals surface area contributed by atoms with Gasteiger partial charge in [-0.2, -0.15) is 0 Å². The maximum absolute atomic E-state index is 11.1. The third-order valence-electron chi connectivity index (χ3n) is 6.97. The number of carbonyl (C=O) groups excluding carboxylic acids is 2. The number of ether oxygens (including phenoxy) is 4. The van der Waals surface area contributed by atoms with Gasteiger partial charge in [-0.15, -0.1) is 0 Å². The highest BCUT2D eigenvalue weighted by atomic mass is 16.6. The summed E-state index contributed by atoms with van der Waals surface area (Å²) < 4.78 is 21.0. The molecule has 0 aliphatic rings. The van der Waals surface area contributed by atoms with Gasteiger partial charge in [0, 0.05) is 34.4 Å². The van der Waals surface area contributed by atoms with Crippen molar-refractivity contribution in [3.8, 4) is 46.3 Å². The highest BCUT2D eigenvalue weighted by Crippen LogP contribution is 2.31. The zero-order valence-electron chi connectivity index (χ0n) is 26.9.